The zero-order valence-corrected chi connectivity index (χ0v) is 12.8. The monoisotopic (exact) mass is 293 g/mol. The van der Waals surface area contributed by atoms with Crippen LogP contribution in [0.4, 0.5) is 0 Å². The Labute approximate surface area is 124 Å². The lowest BCUT2D eigenvalue weighted by molar-refractivity contribution is 0.0687. The molecule has 0 aliphatic carbocycles. The van der Waals surface area contributed by atoms with Gasteiger partial charge >= 0.3 is 0 Å². The smallest absolute Gasteiger partial charge is 0.111 e. The van der Waals surface area contributed by atoms with E-state index < -0.39 is 0 Å². The molecule has 4 nitrogen and oxygen atoms in total. The van der Waals surface area contributed by atoms with Crippen LogP contribution in [-0.2, 0) is 11.8 Å². The normalized spacial score (nSPS) is 12.8. The maximum atomic E-state index is 6.04. The fraction of sp³-hybridized carbons (Fsp3) is 0.400. The van der Waals surface area contributed by atoms with E-state index in [0.717, 1.165) is 22.7 Å². The zero-order chi connectivity index (χ0) is 14.5. The number of likely N-dealkylation sites (N-methyl/N-ethyl adjacent to an activating group) is 1. The van der Waals surface area contributed by atoms with Gasteiger partial charge in [0, 0.05) is 30.4 Å². The van der Waals surface area contributed by atoms with E-state index in [4.69, 9.17) is 16.3 Å². The van der Waals surface area contributed by atoms with Crippen molar-refractivity contribution in [2.45, 2.75) is 6.10 Å². The van der Waals surface area contributed by atoms with E-state index in [1.54, 1.807) is 4.68 Å². The van der Waals surface area contributed by atoms with Gasteiger partial charge in [-0.2, -0.15) is 5.10 Å². The first kappa shape index (κ1) is 15.0. The molecule has 0 spiro atoms. The van der Waals surface area contributed by atoms with Gasteiger partial charge < -0.3 is 9.64 Å². The van der Waals surface area contributed by atoms with Gasteiger partial charge in [0.05, 0.1) is 12.8 Å². The molecule has 1 heterocycles. The fourth-order valence-corrected chi connectivity index (χ4v) is 2.08. The molecule has 2 aromatic rings. The Hall–Kier alpha value is -1.36. The van der Waals surface area contributed by atoms with Crippen molar-refractivity contribution in [3.63, 3.8) is 0 Å². The maximum Gasteiger partial charge on any atom is 0.111 e. The largest absolute Gasteiger partial charge is 0.367 e. The molecule has 0 aliphatic heterocycles. The van der Waals surface area contributed by atoms with Crippen LogP contribution in [0, 0.1) is 0 Å². The molecule has 0 fully saturated rings. The van der Waals surface area contributed by atoms with Crippen molar-refractivity contribution in [3.05, 3.63) is 52.8 Å². The van der Waals surface area contributed by atoms with E-state index in [-0.39, 0.29) is 6.10 Å². The zero-order valence-electron chi connectivity index (χ0n) is 12.1. The van der Waals surface area contributed by atoms with Gasteiger partial charge in [-0.25, -0.2) is 0 Å². The maximum absolute atomic E-state index is 6.04. The van der Waals surface area contributed by atoms with Gasteiger partial charge in [-0.05, 0) is 31.8 Å². The molecular formula is C15H20ClN3O. The van der Waals surface area contributed by atoms with Gasteiger partial charge in [-0.15, -0.1) is 0 Å². The number of aryl methyl sites for hydroxylation is 1. The number of ether oxygens (including phenoxy) is 1. The van der Waals surface area contributed by atoms with E-state index in [0.29, 0.717) is 6.61 Å². The lowest BCUT2D eigenvalue weighted by Crippen LogP contribution is -2.19. The summed E-state index contributed by atoms with van der Waals surface area (Å²) in [6.07, 6.45) is 3.71. The molecule has 108 valence electrons. The fourth-order valence-electron chi connectivity index (χ4n) is 1.95. The summed E-state index contributed by atoms with van der Waals surface area (Å²) in [7, 11) is 5.97. The van der Waals surface area contributed by atoms with Gasteiger partial charge in [0.1, 0.15) is 6.10 Å². The Kier molecular flexibility index (Phi) is 5.17. The SMILES string of the molecule is CN(C)CCOC(c1ccc(Cl)cc1)c1cnn(C)c1. The van der Waals surface area contributed by atoms with Crippen molar-refractivity contribution >= 4 is 11.6 Å². The first-order valence-electron chi connectivity index (χ1n) is 6.56. The molecule has 1 aromatic heterocycles. The average Bonchev–Trinajstić information content (AvgIpc) is 2.82. The van der Waals surface area contributed by atoms with E-state index in [9.17, 15) is 0 Å². The number of rotatable bonds is 6. The van der Waals surface area contributed by atoms with Gasteiger partial charge in [-0.3, -0.25) is 4.68 Å². The van der Waals surface area contributed by atoms with Crippen LogP contribution >= 0.6 is 11.6 Å². The third-order valence-corrected chi connectivity index (χ3v) is 3.28. The number of hydrogen-bond acceptors (Lipinski definition) is 3. The second-order valence-corrected chi connectivity index (χ2v) is 5.49. The Morgan fingerprint density at radius 1 is 1.25 bits per heavy atom. The quantitative estimate of drug-likeness (QED) is 0.820. The van der Waals surface area contributed by atoms with Crippen molar-refractivity contribution in [2.75, 3.05) is 27.2 Å². The number of aromatic nitrogens is 2. The van der Waals surface area contributed by atoms with E-state index >= 15 is 0 Å². The second-order valence-electron chi connectivity index (χ2n) is 5.05. The van der Waals surface area contributed by atoms with Gasteiger partial charge in [-0.1, -0.05) is 23.7 Å². The number of hydrogen-bond donors (Lipinski definition) is 0. The van der Waals surface area contributed by atoms with Crippen molar-refractivity contribution in [3.8, 4) is 0 Å². The molecule has 0 radical (unpaired) electrons. The van der Waals surface area contributed by atoms with Crippen molar-refractivity contribution < 1.29 is 4.74 Å². The molecule has 1 aromatic carbocycles. The minimum atomic E-state index is -0.110. The predicted molar refractivity (Wildman–Crippen MR) is 81.0 cm³/mol. The molecule has 20 heavy (non-hydrogen) atoms. The van der Waals surface area contributed by atoms with Crippen LogP contribution in [0.1, 0.15) is 17.2 Å². The topological polar surface area (TPSA) is 30.3 Å². The minimum absolute atomic E-state index is 0.110. The summed E-state index contributed by atoms with van der Waals surface area (Å²) in [4.78, 5) is 2.10. The van der Waals surface area contributed by atoms with Crippen molar-refractivity contribution in [2.24, 2.45) is 7.05 Å². The van der Waals surface area contributed by atoms with Crippen LogP contribution in [-0.4, -0.2) is 41.9 Å². The van der Waals surface area contributed by atoms with Crippen molar-refractivity contribution in [1.82, 2.24) is 14.7 Å². The van der Waals surface area contributed by atoms with Crippen LogP contribution < -0.4 is 0 Å². The van der Waals surface area contributed by atoms with Crippen LogP contribution in [0.25, 0.3) is 0 Å². The molecule has 2 rings (SSSR count). The number of benzene rings is 1. The second kappa shape index (κ2) is 6.88. The summed E-state index contributed by atoms with van der Waals surface area (Å²) in [6, 6.07) is 7.76. The summed E-state index contributed by atoms with van der Waals surface area (Å²) < 4.78 is 7.83. The highest BCUT2D eigenvalue weighted by atomic mass is 35.5. The number of nitrogens with zero attached hydrogens (tertiary/aromatic N) is 3. The molecule has 0 N–H and O–H groups in total. The van der Waals surface area contributed by atoms with Crippen LogP contribution in [0.2, 0.25) is 5.02 Å². The minimum Gasteiger partial charge on any atom is -0.367 e. The Balaban J connectivity index is 2.17. The van der Waals surface area contributed by atoms with Gasteiger partial charge in [0.15, 0.2) is 0 Å². The highest BCUT2D eigenvalue weighted by Gasteiger charge is 2.16. The first-order valence-corrected chi connectivity index (χ1v) is 6.94. The Bertz CT molecular complexity index is 536. The molecule has 1 atom stereocenters. The lowest BCUT2D eigenvalue weighted by atomic mass is 10.0. The summed E-state index contributed by atoms with van der Waals surface area (Å²) in [5.74, 6) is 0. The van der Waals surface area contributed by atoms with E-state index in [2.05, 4.69) is 10.00 Å². The average molecular weight is 294 g/mol. The van der Waals surface area contributed by atoms with Crippen molar-refractivity contribution in [1.29, 1.82) is 0 Å². The van der Waals surface area contributed by atoms with Gasteiger partial charge in [0.2, 0.25) is 0 Å². The van der Waals surface area contributed by atoms with Crippen LogP contribution in [0.15, 0.2) is 36.7 Å². The first-order chi connectivity index (χ1) is 9.56. The molecule has 0 amide bonds. The van der Waals surface area contributed by atoms with E-state index in [1.165, 1.54) is 0 Å². The molecule has 0 saturated heterocycles. The third-order valence-electron chi connectivity index (χ3n) is 3.02. The third kappa shape index (κ3) is 4.07. The molecule has 1 unspecified atom stereocenters. The van der Waals surface area contributed by atoms with Gasteiger partial charge in [0.25, 0.3) is 0 Å². The highest BCUT2D eigenvalue weighted by Crippen LogP contribution is 2.26. The lowest BCUT2D eigenvalue weighted by Gasteiger charge is -2.19. The van der Waals surface area contributed by atoms with E-state index in [1.807, 2.05) is 57.8 Å². The molecule has 0 aliphatic rings. The Morgan fingerprint density at radius 2 is 1.95 bits per heavy atom. The standard InChI is InChI=1S/C15H20ClN3O/c1-18(2)8-9-20-15(13-10-17-19(3)11-13)12-4-6-14(16)7-5-12/h4-7,10-11,15H,8-9H2,1-3H3. The molecule has 0 bridgehead atoms. The number of halogens is 1. The molecule has 5 heteroatoms. The predicted octanol–water partition coefficient (Wildman–Crippen LogP) is 2.74. The summed E-state index contributed by atoms with van der Waals surface area (Å²) in [6.45, 7) is 1.54. The Morgan fingerprint density at radius 3 is 2.50 bits per heavy atom. The highest BCUT2D eigenvalue weighted by molar-refractivity contribution is 6.30. The summed E-state index contributed by atoms with van der Waals surface area (Å²) in [5.41, 5.74) is 2.13. The molecule has 0 saturated carbocycles. The summed E-state index contributed by atoms with van der Waals surface area (Å²) in [5, 5.41) is 4.95. The van der Waals surface area contributed by atoms with Crippen LogP contribution in [0.3, 0.4) is 0 Å². The molecular weight excluding hydrogens is 274 g/mol. The van der Waals surface area contributed by atoms with Crippen LogP contribution in [0.5, 0.6) is 0 Å². The summed E-state index contributed by atoms with van der Waals surface area (Å²) >= 11 is 5.95.